The number of hydrogen-bond donors (Lipinski definition) is 0. The lowest BCUT2D eigenvalue weighted by atomic mass is 9.49. The SMILES string of the molecule is Brc1ccc2c(c1)C(c1ccccc1)=C(c1ccccc1)C2.CC1(C)OB(B2OC(C)(C)C(C)(C)O2)OC1(C)C.CC1(C)OB(c2ccc3c(c2)C(c2ccccc2)=C(c2ccccc2)C3)OC1(C)C. The van der Waals surface area contributed by atoms with E-state index in [0.29, 0.717) is 0 Å². The van der Waals surface area contributed by atoms with E-state index in [1.165, 1.54) is 66.8 Å². The predicted octanol–water partition coefficient (Wildman–Crippen LogP) is 13.7. The Labute approximate surface area is 426 Å². The summed E-state index contributed by atoms with van der Waals surface area (Å²) in [7, 11) is -1.30. The van der Waals surface area contributed by atoms with Gasteiger partial charge in [-0.15, -0.1) is 0 Å². The molecule has 0 aromatic heterocycles. The zero-order chi connectivity index (χ0) is 49.9. The van der Waals surface area contributed by atoms with Crippen LogP contribution in [0.25, 0.3) is 22.3 Å². The van der Waals surface area contributed by atoms with Crippen LogP contribution in [-0.4, -0.2) is 54.7 Å². The van der Waals surface area contributed by atoms with Gasteiger partial charge in [-0.2, -0.15) is 0 Å². The van der Waals surface area contributed by atoms with Crippen molar-refractivity contribution in [1.29, 1.82) is 0 Å². The highest BCUT2D eigenvalue weighted by Gasteiger charge is 2.63. The van der Waals surface area contributed by atoms with E-state index in [0.717, 1.165) is 22.8 Å². The van der Waals surface area contributed by atoms with Gasteiger partial charge in [0.15, 0.2) is 0 Å². The fraction of sp³-hybridized carbons (Fsp3) is 0.333. The van der Waals surface area contributed by atoms with Crippen LogP contribution in [-0.2, 0) is 40.8 Å². The number of hydrogen-bond acceptors (Lipinski definition) is 6. The maximum absolute atomic E-state index is 6.32. The average molecular weight is 996 g/mol. The molecule has 0 unspecified atom stereocenters. The smallest absolute Gasteiger partial charge is 0.405 e. The summed E-state index contributed by atoms with van der Waals surface area (Å²) in [4.78, 5) is 0. The normalized spacial score (nSPS) is 20.7. The van der Waals surface area contributed by atoms with Crippen molar-refractivity contribution in [3.8, 4) is 0 Å². The molecule has 2 aliphatic carbocycles. The summed E-state index contributed by atoms with van der Waals surface area (Å²) in [6.07, 6.45) is 1.93. The summed E-state index contributed by atoms with van der Waals surface area (Å²) in [5.41, 5.74) is 15.0. The van der Waals surface area contributed by atoms with E-state index < -0.39 is 14.0 Å². The van der Waals surface area contributed by atoms with Crippen LogP contribution in [0.4, 0.5) is 0 Å². The van der Waals surface area contributed by atoms with Crippen molar-refractivity contribution in [2.75, 3.05) is 0 Å². The lowest BCUT2D eigenvalue weighted by molar-refractivity contribution is 0.00578. The second kappa shape index (κ2) is 19.0. The Morgan fingerprint density at radius 2 is 0.671 bits per heavy atom. The minimum Gasteiger partial charge on any atom is -0.405 e. The van der Waals surface area contributed by atoms with E-state index in [-0.39, 0.29) is 40.7 Å². The van der Waals surface area contributed by atoms with Gasteiger partial charge in [-0.25, -0.2) is 0 Å². The summed E-state index contributed by atoms with van der Waals surface area (Å²) >= 11 is 3.62. The Morgan fingerprint density at radius 3 is 1.04 bits per heavy atom. The maximum Gasteiger partial charge on any atom is 0.494 e. The largest absolute Gasteiger partial charge is 0.494 e. The molecule has 358 valence electrons. The van der Waals surface area contributed by atoms with Crippen LogP contribution < -0.4 is 5.46 Å². The lowest BCUT2D eigenvalue weighted by Crippen LogP contribution is -2.41. The highest BCUT2D eigenvalue weighted by Crippen LogP contribution is 2.46. The zero-order valence-corrected chi connectivity index (χ0v) is 44.6. The van der Waals surface area contributed by atoms with Gasteiger partial charge < -0.3 is 27.9 Å². The molecule has 3 saturated heterocycles. The minimum atomic E-state index is -0.476. The van der Waals surface area contributed by atoms with Crippen molar-refractivity contribution in [1.82, 2.24) is 0 Å². The number of rotatable bonds is 6. The van der Waals surface area contributed by atoms with Crippen LogP contribution in [0.1, 0.15) is 128 Å². The number of benzene rings is 6. The van der Waals surface area contributed by atoms with E-state index in [1.54, 1.807) is 0 Å². The molecular weight excluding hydrogens is 929 g/mol. The Balaban J connectivity index is 0.000000135. The van der Waals surface area contributed by atoms with Gasteiger partial charge in [0.05, 0.1) is 33.6 Å². The first-order chi connectivity index (χ1) is 33.1. The molecule has 3 fully saturated rings. The van der Waals surface area contributed by atoms with E-state index >= 15 is 0 Å². The molecule has 0 N–H and O–H groups in total. The first kappa shape index (κ1) is 50.2. The molecule has 0 saturated carbocycles. The van der Waals surface area contributed by atoms with Crippen LogP contribution >= 0.6 is 15.9 Å². The second-order valence-corrected chi connectivity index (χ2v) is 23.0. The third-order valence-corrected chi connectivity index (χ3v) is 16.2. The van der Waals surface area contributed by atoms with Crippen molar-refractivity contribution in [3.63, 3.8) is 0 Å². The Bertz CT molecular complexity index is 2830. The molecule has 70 heavy (non-hydrogen) atoms. The second-order valence-electron chi connectivity index (χ2n) is 22.1. The highest BCUT2D eigenvalue weighted by molar-refractivity contribution is 9.10. The Hall–Kier alpha value is -4.77. The third-order valence-electron chi connectivity index (χ3n) is 15.7. The fourth-order valence-electron chi connectivity index (χ4n) is 9.57. The molecular formula is C60H66B3BrO6. The van der Waals surface area contributed by atoms with Gasteiger partial charge in [0.2, 0.25) is 0 Å². The number of allylic oxidation sites excluding steroid dienone is 2. The van der Waals surface area contributed by atoms with Gasteiger partial charge >= 0.3 is 21.1 Å². The fourth-order valence-corrected chi connectivity index (χ4v) is 9.93. The van der Waals surface area contributed by atoms with Gasteiger partial charge in [-0.3, -0.25) is 0 Å². The van der Waals surface area contributed by atoms with Crippen molar-refractivity contribution in [2.24, 2.45) is 0 Å². The zero-order valence-electron chi connectivity index (χ0n) is 43.0. The van der Waals surface area contributed by atoms with Gasteiger partial charge in [-0.1, -0.05) is 162 Å². The molecule has 0 bridgehead atoms. The van der Waals surface area contributed by atoms with Gasteiger partial charge in [-0.05, 0) is 180 Å². The molecule has 5 aliphatic rings. The molecule has 3 heterocycles. The quantitative estimate of drug-likeness (QED) is 0.155. The van der Waals surface area contributed by atoms with Crippen molar-refractivity contribution >= 4 is 64.8 Å². The van der Waals surface area contributed by atoms with Crippen LogP contribution in [0.2, 0.25) is 0 Å². The van der Waals surface area contributed by atoms with Crippen molar-refractivity contribution in [2.45, 2.75) is 130 Å². The Morgan fingerprint density at radius 1 is 0.357 bits per heavy atom. The molecule has 10 heteroatoms. The number of halogens is 1. The molecule has 0 radical (unpaired) electrons. The summed E-state index contributed by atoms with van der Waals surface area (Å²) in [5.74, 6) is 0. The average Bonchev–Trinajstić information content (AvgIpc) is 4.07. The van der Waals surface area contributed by atoms with Gasteiger partial charge in [0.1, 0.15) is 0 Å². The summed E-state index contributed by atoms with van der Waals surface area (Å²) in [5, 5.41) is 0. The molecule has 6 aromatic carbocycles. The van der Waals surface area contributed by atoms with Crippen LogP contribution in [0.15, 0.2) is 162 Å². The topological polar surface area (TPSA) is 55.4 Å². The monoisotopic (exact) mass is 994 g/mol. The molecule has 0 atom stereocenters. The first-order valence-corrected chi connectivity index (χ1v) is 25.5. The Kier molecular flexibility index (Phi) is 13.6. The standard InChI is InChI=1S/C27H27BO2.C21H15Br.C12H24B2O4/c1-26(2)27(3,4)30-28(29-26)22-16-15-21-17-23(19-11-7-5-8-12-19)25(24(21)18-22)20-13-9-6-10-14-20;22-18-12-11-17-13-19(15-7-3-1-4-8-15)21(20(17)14-18)16-9-5-2-6-10-16;1-9(2)10(3,4)16-13(15-9)14-17-11(5,6)12(7,8)18-14/h5-16,18H,17H2,1-4H3;1-12,14H,13H2;1-8H3. The molecule has 0 amide bonds. The molecule has 3 aliphatic heterocycles. The lowest BCUT2D eigenvalue weighted by Gasteiger charge is -2.32. The minimum absolute atomic E-state index is 0.343. The molecule has 6 aromatic rings. The van der Waals surface area contributed by atoms with Crippen LogP contribution in [0.3, 0.4) is 0 Å². The van der Waals surface area contributed by atoms with E-state index in [4.69, 9.17) is 27.9 Å². The van der Waals surface area contributed by atoms with Gasteiger partial charge in [0, 0.05) is 4.47 Å². The highest BCUT2D eigenvalue weighted by atomic mass is 79.9. The predicted molar refractivity (Wildman–Crippen MR) is 293 cm³/mol. The van der Waals surface area contributed by atoms with Crippen molar-refractivity contribution in [3.05, 3.63) is 207 Å². The third kappa shape index (κ3) is 9.78. The molecule has 11 rings (SSSR count). The number of fused-ring (bicyclic) bond motifs is 2. The summed E-state index contributed by atoms with van der Waals surface area (Å²) < 4.78 is 37.6. The summed E-state index contributed by atoms with van der Waals surface area (Å²) in [6, 6.07) is 56.1. The van der Waals surface area contributed by atoms with E-state index in [2.05, 4.69) is 201 Å². The maximum atomic E-state index is 6.32. The van der Waals surface area contributed by atoms with E-state index in [1.807, 2.05) is 55.4 Å². The van der Waals surface area contributed by atoms with Crippen molar-refractivity contribution < 1.29 is 27.9 Å². The van der Waals surface area contributed by atoms with Gasteiger partial charge in [0.25, 0.3) is 0 Å². The van der Waals surface area contributed by atoms with Crippen LogP contribution in [0.5, 0.6) is 0 Å². The molecule has 0 spiro atoms. The molecule has 6 nitrogen and oxygen atoms in total. The van der Waals surface area contributed by atoms with Crippen LogP contribution in [0, 0.1) is 0 Å². The first-order valence-electron chi connectivity index (χ1n) is 24.7. The summed E-state index contributed by atoms with van der Waals surface area (Å²) in [6.45, 7) is 24.6. The van der Waals surface area contributed by atoms with E-state index in [9.17, 15) is 0 Å².